The van der Waals surface area contributed by atoms with E-state index >= 15 is 0 Å². The summed E-state index contributed by atoms with van der Waals surface area (Å²) < 4.78 is 0. The zero-order valence-corrected chi connectivity index (χ0v) is 8.07. The van der Waals surface area contributed by atoms with Crippen LogP contribution in [-0.4, -0.2) is 34.9 Å². The average molecular weight is 193 g/mol. The second-order valence-corrected chi connectivity index (χ2v) is 3.75. The fraction of sp³-hybridized carbons (Fsp3) is 0.500. The second kappa shape index (κ2) is 3.84. The first-order valence-corrected chi connectivity index (χ1v) is 4.95. The van der Waals surface area contributed by atoms with Crippen LogP contribution < -0.4 is 5.73 Å². The molecule has 2 rings (SSSR count). The van der Waals surface area contributed by atoms with Crippen molar-refractivity contribution < 1.29 is 4.79 Å². The van der Waals surface area contributed by atoms with Gasteiger partial charge in [-0.2, -0.15) is 0 Å². The van der Waals surface area contributed by atoms with Crippen LogP contribution in [0.15, 0.2) is 18.5 Å². The highest BCUT2D eigenvalue weighted by Gasteiger charge is 2.22. The van der Waals surface area contributed by atoms with Crippen LogP contribution in [0.2, 0.25) is 0 Å². The van der Waals surface area contributed by atoms with Gasteiger partial charge in [0.15, 0.2) is 0 Å². The molecular weight excluding hydrogens is 178 g/mol. The summed E-state index contributed by atoms with van der Waals surface area (Å²) in [6.07, 6.45) is 5.52. The summed E-state index contributed by atoms with van der Waals surface area (Å²) in [5.41, 5.74) is 6.54. The number of nitrogens with two attached hydrogens (primary N) is 1. The van der Waals surface area contributed by atoms with Gasteiger partial charge in [-0.3, -0.25) is 4.79 Å². The van der Waals surface area contributed by atoms with Gasteiger partial charge in [0.05, 0.1) is 5.56 Å². The van der Waals surface area contributed by atoms with Crippen LogP contribution >= 0.6 is 0 Å². The minimum atomic E-state index is 0.0846. The molecule has 2 heterocycles. The summed E-state index contributed by atoms with van der Waals surface area (Å²) in [5, 5.41) is 0. The van der Waals surface area contributed by atoms with Crippen molar-refractivity contribution in [2.24, 2.45) is 5.73 Å². The Hall–Kier alpha value is -1.29. The van der Waals surface area contributed by atoms with E-state index in [0.29, 0.717) is 6.54 Å². The first kappa shape index (κ1) is 9.27. The van der Waals surface area contributed by atoms with Crippen molar-refractivity contribution >= 4 is 5.91 Å². The number of hydrogen-bond acceptors (Lipinski definition) is 2. The zero-order valence-electron chi connectivity index (χ0n) is 8.07. The number of rotatable bonds is 1. The molecule has 1 aliphatic heterocycles. The molecule has 14 heavy (non-hydrogen) atoms. The van der Waals surface area contributed by atoms with E-state index < -0.39 is 0 Å². The Morgan fingerprint density at radius 2 is 2.50 bits per heavy atom. The zero-order chi connectivity index (χ0) is 9.97. The van der Waals surface area contributed by atoms with Gasteiger partial charge in [-0.1, -0.05) is 0 Å². The van der Waals surface area contributed by atoms with Crippen molar-refractivity contribution in [2.75, 3.05) is 13.1 Å². The summed E-state index contributed by atoms with van der Waals surface area (Å²) in [7, 11) is 0. The van der Waals surface area contributed by atoms with Crippen LogP contribution in [0.25, 0.3) is 0 Å². The number of H-pyrrole nitrogens is 1. The van der Waals surface area contributed by atoms with Crippen LogP contribution in [0, 0.1) is 0 Å². The van der Waals surface area contributed by atoms with E-state index in [-0.39, 0.29) is 11.9 Å². The van der Waals surface area contributed by atoms with E-state index in [1.807, 2.05) is 4.90 Å². The normalized spacial score (nSPS) is 22.4. The number of carbonyl (C=O) groups is 1. The van der Waals surface area contributed by atoms with E-state index in [2.05, 4.69) is 4.98 Å². The van der Waals surface area contributed by atoms with Gasteiger partial charge in [0.2, 0.25) is 0 Å². The van der Waals surface area contributed by atoms with E-state index in [4.69, 9.17) is 5.73 Å². The van der Waals surface area contributed by atoms with E-state index in [1.165, 1.54) is 0 Å². The molecule has 0 saturated carbocycles. The SMILES string of the molecule is NC1CCCN(C(=O)c2cc[nH]c2)C1. The highest BCUT2D eigenvalue weighted by molar-refractivity contribution is 5.94. The second-order valence-electron chi connectivity index (χ2n) is 3.75. The number of likely N-dealkylation sites (tertiary alicyclic amines) is 1. The lowest BCUT2D eigenvalue weighted by Crippen LogP contribution is -2.45. The number of carbonyl (C=O) groups excluding carboxylic acids is 1. The number of aromatic amines is 1. The maximum absolute atomic E-state index is 11.9. The lowest BCUT2D eigenvalue weighted by molar-refractivity contribution is 0.0709. The van der Waals surface area contributed by atoms with Crippen molar-refractivity contribution in [1.82, 2.24) is 9.88 Å². The van der Waals surface area contributed by atoms with Gasteiger partial charge in [-0.15, -0.1) is 0 Å². The number of nitrogens with one attached hydrogen (secondary N) is 1. The Bertz CT molecular complexity index is 307. The number of nitrogens with zero attached hydrogens (tertiary/aromatic N) is 1. The maximum atomic E-state index is 11.9. The van der Waals surface area contributed by atoms with Gasteiger partial charge in [-0.25, -0.2) is 0 Å². The molecule has 1 aliphatic rings. The monoisotopic (exact) mass is 193 g/mol. The number of hydrogen-bond donors (Lipinski definition) is 2. The molecule has 0 radical (unpaired) electrons. The molecule has 0 aliphatic carbocycles. The van der Waals surface area contributed by atoms with Crippen molar-refractivity contribution in [2.45, 2.75) is 18.9 Å². The van der Waals surface area contributed by atoms with Crippen LogP contribution in [0.4, 0.5) is 0 Å². The van der Waals surface area contributed by atoms with Gasteiger partial charge in [-0.05, 0) is 18.9 Å². The van der Waals surface area contributed by atoms with Crippen molar-refractivity contribution in [3.8, 4) is 0 Å². The van der Waals surface area contributed by atoms with E-state index in [1.54, 1.807) is 18.5 Å². The largest absolute Gasteiger partial charge is 0.367 e. The summed E-state index contributed by atoms with van der Waals surface area (Å²) >= 11 is 0. The maximum Gasteiger partial charge on any atom is 0.255 e. The van der Waals surface area contributed by atoms with Gasteiger partial charge >= 0.3 is 0 Å². The third-order valence-electron chi connectivity index (χ3n) is 2.59. The molecule has 4 heteroatoms. The first-order valence-electron chi connectivity index (χ1n) is 4.95. The smallest absolute Gasteiger partial charge is 0.255 e. The molecule has 4 nitrogen and oxygen atoms in total. The Balaban J connectivity index is 2.04. The third-order valence-corrected chi connectivity index (χ3v) is 2.59. The molecule has 1 unspecified atom stereocenters. The number of piperidine rings is 1. The van der Waals surface area contributed by atoms with Gasteiger partial charge in [0, 0.05) is 31.5 Å². The van der Waals surface area contributed by atoms with Crippen molar-refractivity contribution in [3.05, 3.63) is 24.0 Å². The van der Waals surface area contributed by atoms with Crippen LogP contribution in [0.3, 0.4) is 0 Å². The van der Waals surface area contributed by atoms with Crippen LogP contribution in [0.5, 0.6) is 0 Å². The van der Waals surface area contributed by atoms with Crippen LogP contribution in [0.1, 0.15) is 23.2 Å². The van der Waals surface area contributed by atoms with E-state index in [0.717, 1.165) is 24.9 Å². The standard InChI is InChI=1S/C10H15N3O/c11-9-2-1-5-13(7-9)10(14)8-3-4-12-6-8/h3-4,6,9,12H,1-2,5,7,11H2. The molecule has 0 bridgehead atoms. The molecule has 1 aromatic rings. The third kappa shape index (κ3) is 1.80. The Labute approximate surface area is 83.1 Å². The fourth-order valence-corrected chi connectivity index (χ4v) is 1.83. The predicted octanol–water partition coefficient (Wildman–Crippen LogP) is 0.578. The van der Waals surface area contributed by atoms with Gasteiger partial charge in [0.1, 0.15) is 0 Å². The molecule has 0 aromatic carbocycles. The highest BCUT2D eigenvalue weighted by atomic mass is 16.2. The van der Waals surface area contributed by atoms with Gasteiger partial charge in [0.25, 0.3) is 5.91 Å². The molecule has 1 amide bonds. The van der Waals surface area contributed by atoms with Crippen molar-refractivity contribution in [1.29, 1.82) is 0 Å². The van der Waals surface area contributed by atoms with Crippen LogP contribution in [-0.2, 0) is 0 Å². The Morgan fingerprint density at radius 1 is 1.64 bits per heavy atom. The predicted molar refractivity (Wildman–Crippen MR) is 53.9 cm³/mol. The van der Waals surface area contributed by atoms with E-state index in [9.17, 15) is 4.79 Å². The van der Waals surface area contributed by atoms with Crippen molar-refractivity contribution in [3.63, 3.8) is 0 Å². The molecule has 1 fully saturated rings. The first-order chi connectivity index (χ1) is 6.77. The number of amides is 1. The summed E-state index contributed by atoms with van der Waals surface area (Å²) in [5.74, 6) is 0.0846. The fourth-order valence-electron chi connectivity index (χ4n) is 1.83. The molecule has 3 N–H and O–H groups in total. The molecule has 1 atom stereocenters. The quantitative estimate of drug-likeness (QED) is 0.685. The summed E-state index contributed by atoms with van der Waals surface area (Å²) in [4.78, 5) is 16.6. The highest BCUT2D eigenvalue weighted by Crippen LogP contribution is 2.11. The average Bonchev–Trinajstić information content (AvgIpc) is 2.69. The lowest BCUT2D eigenvalue weighted by Gasteiger charge is -2.30. The molecular formula is C10H15N3O. The summed E-state index contributed by atoms with van der Waals surface area (Å²) in [6, 6.07) is 1.94. The lowest BCUT2D eigenvalue weighted by atomic mass is 10.1. The Morgan fingerprint density at radius 3 is 3.14 bits per heavy atom. The molecule has 1 aromatic heterocycles. The minimum absolute atomic E-state index is 0.0846. The molecule has 0 spiro atoms. The van der Waals surface area contributed by atoms with Gasteiger partial charge < -0.3 is 15.6 Å². The molecule has 76 valence electrons. The number of aromatic nitrogens is 1. The Kier molecular flexibility index (Phi) is 2.54. The molecule has 1 saturated heterocycles. The minimum Gasteiger partial charge on any atom is -0.367 e. The summed E-state index contributed by atoms with van der Waals surface area (Å²) in [6.45, 7) is 1.52. The topological polar surface area (TPSA) is 62.1 Å².